The molecule has 1 atom stereocenters. The molecule has 0 saturated heterocycles. The van der Waals surface area contributed by atoms with Crippen molar-refractivity contribution in [2.75, 3.05) is 5.32 Å². The lowest BCUT2D eigenvalue weighted by Gasteiger charge is -2.13. The number of aromatic nitrogens is 6. The van der Waals surface area contributed by atoms with E-state index in [2.05, 4.69) is 41.9 Å². The maximum absolute atomic E-state index is 12.6. The number of aryl methyl sites for hydroxylation is 2. The molecule has 0 saturated carbocycles. The first-order valence-electron chi connectivity index (χ1n) is 8.60. The van der Waals surface area contributed by atoms with Gasteiger partial charge in [0, 0.05) is 38.6 Å². The number of carbonyl (C=O) groups excluding carboxylic acids is 2. The van der Waals surface area contributed by atoms with E-state index >= 15 is 0 Å². The largest absolute Gasteiger partial charge is 0.346 e. The highest BCUT2D eigenvalue weighted by molar-refractivity contribution is 9.10. The van der Waals surface area contributed by atoms with Crippen LogP contribution in [0.15, 0.2) is 35.5 Å². The van der Waals surface area contributed by atoms with Crippen molar-refractivity contribution < 1.29 is 9.59 Å². The second-order valence-electron chi connectivity index (χ2n) is 6.51. The minimum absolute atomic E-state index is 0.221. The Morgan fingerprint density at radius 1 is 1.14 bits per heavy atom. The predicted octanol–water partition coefficient (Wildman–Crippen LogP) is 1.32. The second kappa shape index (κ2) is 8.38. The molecule has 28 heavy (non-hydrogen) atoms. The number of carbonyl (C=O) groups is 2. The molecule has 0 radical (unpaired) electrons. The molecule has 0 aromatic carbocycles. The summed E-state index contributed by atoms with van der Waals surface area (Å²) >= 11 is 3.33. The fourth-order valence-corrected chi connectivity index (χ4v) is 3.01. The average Bonchev–Trinajstić information content (AvgIpc) is 3.34. The van der Waals surface area contributed by atoms with Gasteiger partial charge in [0.2, 0.25) is 5.91 Å². The van der Waals surface area contributed by atoms with Crippen molar-refractivity contribution in [2.45, 2.75) is 20.0 Å². The molecule has 0 spiro atoms. The zero-order valence-corrected chi connectivity index (χ0v) is 17.3. The highest BCUT2D eigenvalue weighted by Gasteiger charge is 2.21. The van der Waals surface area contributed by atoms with Gasteiger partial charge in [-0.1, -0.05) is 6.92 Å². The van der Waals surface area contributed by atoms with Gasteiger partial charge in [-0.15, -0.1) is 0 Å². The van der Waals surface area contributed by atoms with Crippen molar-refractivity contribution in [3.63, 3.8) is 0 Å². The van der Waals surface area contributed by atoms with Crippen LogP contribution in [0.3, 0.4) is 0 Å². The number of halogens is 1. The van der Waals surface area contributed by atoms with E-state index in [1.165, 1.54) is 10.9 Å². The number of anilines is 1. The fourth-order valence-electron chi connectivity index (χ4n) is 2.69. The van der Waals surface area contributed by atoms with Crippen molar-refractivity contribution in [1.29, 1.82) is 0 Å². The molecule has 1 unspecified atom stereocenters. The normalized spacial score (nSPS) is 12.0. The summed E-state index contributed by atoms with van der Waals surface area (Å²) in [6, 6.07) is 0. The zero-order valence-electron chi connectivity index (χ0n) is 15.8. The lowest BCUT2D eigenvalue weighted by Crippen LogP contribution is -2.28. The maximum Gasteiger partial charge on any atom is 0.271 e. The van der Waals surface area contributed by atoms with Gasteiger partial charge in [0.15, 0.2) is 0 Å². The van der Waals surface area contributed by atoms with E-state index in [0.29, 0.717) is 18.8 Å². The average molecular weight is 449 g/mol. The molecule has 3 aromatic rings. The smallest absolute Gasteiger partial charge is 0.271 e. The van der Waals surface area contributed by atoms with Crippen LogP contribution in [0.1, 0.15) is 23.0 Å². The molecule has 0 aliphatic rings. The minimum atomic E-state index is -0.349. The molecule has 3 aromatic heterocycles. The molecule has 0 aliphatic heterocycles. The van der Waals surface area contributed by atoms with E-state index in [1.54, 1.807) is 41.9 Å². The molecule has 3 rings (SSSR count). The summed E-state index contributed by atoms with van der Waals surface area (Å²) in [4.78, 5) is 25.1. The first-order chi connectivity index (χ1) is 13.3. The van der Waals surface area contributed by atoms with Gasteiger partial charge in [-0.05, 0) is 15.9 Å². The molecular weight excluding hydrogens is 428 g/mol. The monoisotopic (exact) mass is 448 g/mol. The standard InChI is InChI=1S/C17H21BrN8O2/c1-11(8-26-10-13(18)6-22-26)16(27)23-14-7-21-25(3)15(14)17(28)19-4-12-5-20-24(2)9-12/h5-7,9-11H,4,8H2,1-3H3,(H,19,28)(H,23,27). The Morgan fingerprint density at radius 3 is 2.57 bits per heavy atom. The Balaban J connectivity index is 1.64. The Hall–Kier alpha value is -2.95. The van der Waals surface area contributed by atoms with Gasteiger partial charge in [-0.25, -0.2) is 0 Å². The highest BCUT2D eigenvalue weighted by Crippen LogP contribution is 2.16. The quantitative estimate of drug-likeness (QED) is 0.565. The fraction of sp³-hybridized carbons (Fsp3) is 0.353. The van der Waals surface area contributed by atoms with Crippen molar-refractivity contribution >= 4 is 33.4 Å². The predicted molar refractivity (Wildman–Crippen MR) is 105 cm³/mol. The topological polar surface area (TPSA) is 112 Å². The van der Waals surface area contributed by atoms with Crippen molar-refractivity contribution in [3.05, 3.63) is 46.7 Å². The minimum Gasteiger partial charge on any atom is -0.346 e. The molecular formula is C17H21BrN8O2. The Labute approximate surface area is 170 Å². The number of hydrogen-bond donors (Lipinski definition) is 2. The highest BCUT2D eigenvalue weighted by atomic mass is 79.9. The summed E-state index contributed by atoms with van der Waals surface area (Å²) in [5.74, 6) is -0.901. The molecule has 2 N–H and O–H groups in total. The maximum atomic E-state index is 12.6. The zero-order chi connectivity index (χ0) is 20.3. The van der Waals surface area contributed by atoms with E-state index in [9.17, 15) is 9.59 Å². The number of hydrogen-bond acceptors (Lipinski definition) is 5. The summed E-state index contributed by atoms with van der Waals surface area (Å²) in [7, 11) is 3.46. The van der Waals surface area contributed by atoms with E-state index in [-0.39, 0.29) is 23.4 Å². The van der Waals surface area contributed by atoms with E-state index in [4.69, 9.17) is 0 Å². The van der Waals surface area contributed by atoms with Gasteiger partial charge >= 0.3 is 0 Å². The molecule has 10 nitrogen and oxygen atoms in total. The van der Waals surface area contributed by atoms with Crippen molar-refractivity contribution in [3.8, 4) is 0 Å². The molecule has 11 heteroatoms. The van der Waals surface area contributed by atoms with Crippen LogP contribution in [0, 0.1) is 5.92 Å². The molecule has 0 fully saturated rings. The number of amides is 2. The molecule has 148 valence electrons. The third kappa shape index (κ3) is 4.66. The van der Waals surface area contributed by atoms with Gasteiger partial charge in [-0.3, -0.25) is 23.6 Å². The van der Waals surface area contributed by atoms with Crippen LogP contribution in [0.25, 0.3) is 0 Å². The molecule has 2 amide bonds. The summed E-state index contributed by atoms with van der Waals surface area (Å²) in [6.45, 7) is 2.54. The van der Waals surface area contributed by atoms with Gasteiger partial charge < -0.3 is 10.6 Å². The van der Waals surface area contributed by atoms with Gasteiger partial charge in [-0.2, -0.15) is 15.3 Å². The molecule has 3 heterocycles. The van der Waals surface area contributed by atoms with Crippen LogP contribution in [0.2, 0.25) is 0 Å². The van der Waals surface area contributed by atoms with Crippen LogP contribution in [-0.2, 0) is 32.0 Å². The SMILES string of the molecule is CC(Cn1cc(Br)cn1)C(=O)Nc1cnn(C)c1C(=O)NCc1cnn(C)c1. The molecule has 0 aliphatic carbocycles. The number of nitrogens with zero attached hydrogens (tertiary/aromatic N) is 6. The third-order valence-electron chi connectivity index (χ3n) is 4.13. The van der Waals surface area contributed by atoms with Crippen LogP contribution < -0.4 is 10.6 Å². The van der Waals surface area contributed by atoms with E-state index in [0.717, 1.165) is 10.0 Å². The lowest BCUT2D eigenvalue weighted by atomic mass is 10.1. The summed E-state index contributed by atoms with van der Waals surface area (Å²) in [6.07, 6.45) is 8.43. The second-order valence-corrected chi connectivity index (χ2v) is 7.42. The number of rotatable bonds is 7. The van der Waals surface area contributed by atoms with Crippen molar-refractivity contribution in [1.82, 2.24) is 34.7 Å². The van der Waals surface area contributed by atoms with E-state index < -0.39 is 0 Å². The van der Waals surface area contributed by atoms with Gasteiger partial charge in [0.1, 0.15) is 5.69 Å². The lowest BCUT2D eigenvalue weighted by molar-refractivity contribution is -0.119. The summed E-state index contributed by atoms with van der Waals surface area (Å²) in [5, 5.41) is 17.9. The first-order valence-corrected chi connectivity index (χ1v) is 9.39. The van der Waals surface area contributed by atoms with Crippen LogP contribution in [0.5, 0.6) is 0 Å². The van der Waals surface area contributed by atoms with E-state index in [1.807, 2.05) is 13.2 Å². The van der Waals surface area contributed by atoms with Crippen LogP contribution in [-0.4, -0.2) is 41.2 Å². The number of nitrogens with one attached hydrogen (secondary N) is 2. The van der Waals surface area contributed by atoms with Gasteiger partial charge in [0.05, 0.1) is 41.2 Å². The first kappa shape index (κ1) is 19.8. The Bertz CT molecular complexity index is 989. The third-order valence-corrected chi connectivity index (χ3v) is 4.54. The summed E-state index contributed by atoms with van der Waals surface area (Å²) < 4.78 is 5.62. The Morgan fingerprint density at radius 2 is 1.93 bits per heavy atom. The van der Waals surface area contributed by atoms with Crippen LogP contribution in [0.4, 0.5) is 5.69 Å². The summed E-state index contributed by atoms with van der Waals surface area (Å²) in [5.41, 5.74) is 1.53. The van der Waals surface area contributed by atoms with Crippen molar-refractivity contribution in [2.24, 2.45) is 20.0 Å². The van der Waals surface area contributed by atoms with Crippen LogP contribution >= 0.6 is 15.9 Å². The molecule has 0 bridgehead atoms. The Kier molecular flexibility index (Phi) is 5.93. The van der Waals surface area contributed by atoms with Gasteiger partial charge in [0.25, 0.3) is 5.91 Å².